The van der Waals surface area contributed by atoms with Gasteiger partial charge in [-0.3, -0.25) is 0 Å². The maximum Gasteiger partial charge on any atom is 0.329 e. The predicted molar refractivity (Wildman–Crippen MR) is 67.6 cm³/mol. The van der Waals surface area contributed by atoms with Gasteiger partial charge in [0, 0.05) is 13.1 Å². The van der Waals surface area contributed by atoms with Gasteiger partial charge in [-0.1, -0.05) is 12.8 Å². The van der Waals surface area contributed by atoms with Crippen LogP contribution < -0.4 is 5.32 Å². The monoisotopic (exact) mass is 290 g/mol. The lowest BCUT2D eigenvalue weighted by Gasteiger charge is -2.32. The first-order chi connectivity index (χ1) is 8.85. The van der Waals surface area contributed by atoms with Crippen LogP contribution in [0, 0.1) is 0 Å². The second-order valence-electron chi connectivity index (χ2n) is 5.16. The molecule has 1 aliphatic heterocycles. The fraction of sp³-hybridized carbons (Fsp3) is 0.818. The van der Waals surface area contributed by atoms with E-state index in [1.54, 1.807) is 0 Å². The molecular formula is C11H18N2O5S. The van der Waals surface area contributed by atoms with E-state index in [1.807, 2.05) is 0 Å². The zero-order valence-corrected chi connectivity index (χ0v) is 11.4. The molecule has 1 aliphatic carbocycles. The standard InChI is InChI=1S/C11H18N2O5S/c14-9(15)11(3-1-2-4-11)12-10(16)13-5-7-19(17,18)8-6-13/h1-8H2,(H,12,16)(H,14,15). The molecular weight excluding hydrogens is 272 g/mol. The average Bonchev–Trinajstić information content (AvgIpc) is 2.78. The number of sulfone groups is 1. The molecule has 2 amide bonds. The molecule has 0 bridgehead atoms. The van der Waals surface area contributed by atoms with Crippen molar-refractivity contribution >= 4 is 21.8 Å². The van der Waals surface area contributed by atoms with Gasteiger partial charge in [0.2, 0.25) is 0 Å². The number of urea groups is 1. The van der Waals surface area contributed by atoms with Crippen LogP contribution in [0.4, 0.5) is 4.79 Å². The zero-order valence-electron chi connectivity index (χ0n) is 10.6. The second kappa shape index (κ2) is 4.99. The van der Waals surface area contributed by atoms with E-state index >= 15 is 0 Å². The van der Waals surface area contributed by atoms with E-state index in [0.717, 1.165) is 12.8 Å². The van der Waals surface area contributed by atoms with E-state index in [4.69, 9.17) is 0 Å². The molecule has 19 heavy (non-hydrogen) atoms. The highest BCUT2D eigenvalue weighted by atomic mass is 32.2. The molecule has 7 nitrogen and oxygen atoms in total. The molecule has 0 atom stereocenters. The topological polar surface area (TPSA) is 104 Å². The van der Waals surface area contributed by atoms with Crippen LogP contribution in [0.5, 0.6) is 0 Å². The van der Waals surface area contributed by atoms with Crippen LogP contribution in [0.1, 0.15) is 25.7 Å². The van der Waals surface area contributed by atoms with Crippen molar-refractivity contribution in [1.29, 1.82) is 0 Å². The Kier molecular flexibility index (Phi) is 3.71. The van der Waals surface area contributed by atoms with Crippen molar-refractivity contribution < 1.29 is 23.1 Å². The third kappa shape index (κ3) is 2.99. The van der Waals surface area contributed by atoms with Gasteiger partial charge in [-0.2, -0.15) is 0 Å². The molecule has 1 saturated heterocycles. The second-order valence-corrected chi connectivity index (χ2v) is 7.47. The quantitative estimate of drug-likeness (QED) is 0.734. The van der Waals surface area contributed by atoms with Crippen molar-refractivity contribution in [1.82, 2.24) is 10.2 Å². The van der Waals surface area contributed by atoms with Crippen LogP contribution in [0.2, 0.25) is 0 Å². The maximum atomic E-state index is 12.0. The van der Waals surface area contributed by atoms with E-state index in [-0.39, 0.29) is 24.6 Å². The average molecular weight is 290 g/mol. The lowest BCUT2D eigenvalue weighted by atomic mass is 9.98. The van der Waals surface area contributed by atoms with Gasteiger partial charge in [0.15, 0.2) is 9.84 Å². The Balaban J connectivity index is 1.99. The highest BCUT2D eigenvalue weighted by molar-refractivity contribution is 7.91. The summed E-state index contributed by atoms with van der Waals surface area (Å²) in [5.74, 6) is -1.12. The number of carbonyl (C=O) groups is 2. The molecule has 8 heteroatoms. The van der Waals surface area contributed by atoms with Gasteiger partial charge in [0.05, 0.1) is 11.5 Å². The van der Waals surface area contributed by atoms with Gasteiger partial charge in [-0.15, -0.1) is 0 Å². The van der Waals surface area contributed by atoms with Gasteiger partial charge in [-0.25, -0.2) is 18.0 Å². The van der Waals surface area contributed by atoms with Crippen LogP contribution in [0.25, 0.3) is 0 Å². The number of carbonyl (C=O) groups excluding carboxylic acids is 1. The minimum atomic E-state index is -3.05. The predicted octanol–water partition coefficient (Wildman–Crippen LogP) is -0.176. The Morgan fingerprint density at radius 1 is 1.11 bits per heavy atom. The number of rotatable bonds is 2. The molecule has 2 fully saturated rings. The van der Waals surface area contributed by atoms with E-state index in [0.29, 0.717) is 12.8 Å². The van der Waals surface area contributed by atoms with Crippen LogP contribution in [0.3, 0.4) is 0 Å². The Hall–Kier alpha value is -1.31. The number of aliphatic carboxylic acids is 1. The number of nitrogens with one attached hydrogen (secondary N) is 1. The summed E-state index contributed by atoms with van der Waals surface area (Å²) in [5, 5.41) is 11.8. The third-order valence-electron chi connectivity index (χ3n) is 3.84. The molecule has 1 saturated carbocycles. The first-order valence-corrected chi connectivity index (χ1v) is 8.18. The highest BCUT2D eigenvalue weighted by Crippen LogP contribution is 2.30. The number of hydrogen-bond acceptors (Lipinski definition) is 4. The molecule has 1 heterocycles. The minimum absolute atomic E-state index is 0.0551. The molecule has 2 aliphatic rings. The summed E-state index contributed by atoms with van der Waals surface area (Å²) in [5.41, 5.74) is -1.17. The fourth-order valence-corrected chi connectivity index (χ4v) is 3.77. The largest absolute Gasteiger partial charge is 0.480 e. The number of carboxylic acid groups (broad SMARTS) is 1. The first kappa shape index (κ1) is 14.1. The SMILES string of the molecule is O=C(NC1(C(=O)O)CCCC1)N1CCS(=O)(=O)CC1. The molecule has 0 radical (unpaired) electrons. The molecule has 108 valence electrons. The zero-order chi connectivity index (χ0) is 14.1. The third-order valence-corrected chi connectivity index (χ3v) is 5.45. The van der Waals surface area contributed by atoms with Gasteiger partial charge in [-0.05, 0) is 12.8 Å². The number of nitrogens with zero attached hydrogens (tertiary/aromatic N) is 1. The molecule has 2 rings (SSSR count). The summed E-state index contributed by atoms with van der Waals surface area (Å²) < 4.78 is 22.6. The first-order valence-electron chi connectivity index (χ1n) is 6.36. The highest BCUT2D eigenvalue weighted by Gasteiger charge is 2.43. The van der Waals surface area contributed by atoms with E-state index in [9.17, 15) is 23.1 Å². The van der Waals surface area contributed by atoms with Crippen LogP contribution in [-0.4, -0.2) is 60.6 Å². The van der Waals surface area contributed by atoms with Crippen molar-refractivity contribution in [3.05, 3.63) is 0 Å². The lowest BCUT2D eigenvalue weighted by Crippen LogP contribution is -2.58. The molecule has 0 aromatic heterocycles. The van der Waals surface area contributed by atoms with Crippen LogP contribution in [-0.2, 0) is 14.6 Å². The van der Waals surface area contributed by atoms with Crippen molar-refractivity contribution in [3.63, 3.8) is 0 Å². The number of carboxylic acids is 1. The summed E-state index contributed by atoms with van der Waals surface area (Å²) in [6.45, 7) is 0.258. The van der Waals surface area contributed by atoms with Crippen LogP contribution in [0.15, 0.2) is 0 Å². The smallest absolute Gasteiger partial charge is 0.329 e. The van der Waals surface area contributed by atoms with Crippen molar-refractivity contribution in [2.45, 2.75) is 31.2 Å². The molecule has 0 unspecified atom stereocenters. The van der Waals surface area contributed by atoms with Gasteiger partial charge < -0.3 is 15.3 Å². The van der Waals surface area contributed by atoms with E-state index in [2.05, 4.69) is 5.32 Å². The Labute approximate surface area is 111 Å². The maximum absolute atomic E-state index is 12.0. The normalized spacial score (nSPS) is 24.9. The van der Waals surface area contributed by atoms with Crippen molar-refractivity contribution in [2.75, 3.05) is 24.6 Å². The lowest BCUT2D eigenvalue weighted by molar-refractivity contribution is -0.144. The van der Waals surface area contributed by atoms with Gasteiger partial charge in [0.25, 0.3) is 0 Å². The molecule has 0 spiro atoms. The van der Waals surface area contributed by atoms with Crippen LogP contribution >= 0.6 is 0 Å². The van der Waals surface area contributed by atoms with E-state index < -0.39 is 27.4 Å². The summed E-state index contributed by atoms with van der Waals surface area (Å²) >= 11 is 0. The molecule has 2 N–H and O–H groups in total. The molecule has 0 aromatic rings. The number of hydrogen-bond donors (Lipinski definition) is 2. The van der Waals surface area contributed by atoms with Crippen molar-refractivity contribution in [3.8, 4) is 0 Å². The Bertz CT molecular complexity index is 467. The molecule has 0 aromatic carbocycles. The van der Waals surface area contributed by atoms with Gasteiger partial charge in [0.1, 0.15) is 5.54 Å². The minimum Gasteiger partial charge on any atom is -0.480 e. The van der Waals surface area contributed by atoms with E-state index in [1.165, 1.54) is 4.90 Å². The summed E-state index contributed by atoms with van der Waals surface area (Å²) in [6, 6.07) is -0.473. The summed E-state index contributed by atoms with van der Waals surface area (Å²) in [6.07, 6.45) is 2.42. The summed E-state index contributed by atoms with van der Waals surface area (Å²) in [7, 11) is -3.05. The fourth-order valence-electron chi connectivity index (χ4n) is 2.57. The summed E-state index contributed by atoms with van der Waals surface area (Å²) in [4.78, 5) is 24.7. The number of amides is 2. The van der Waals surface area contributed by atoms with Gasteiger partial charge >= 0.3 is 12.0 Å². The Morgan fingerprint density at radius 3 is 2.11 bits per heavy atom. The Morgan fingerprint density at radius 2 is 1.63 bits per heavy atom. The van der Waals surface area contributed by atoms with Crippen molar-refractivity contribution in [2.24, 2.45) is 0 Å².